The van der Waals surface area contributed by atoms with Gasteiger partial charge in [0.2, 0.25) is 0 Å². The number of fused-ring (bicyclic) bond motifs is 1. The lowest BCUT2D eigenvalue weighted by Crippen LogP contribution is -2.05. The van der Waals surface area contributed by atoms with Crippen molar-refractivity contribution in [3.05, 3.63) is 29.0 Å². The van der Waals surface area contributed by atoms with Crippen LogP contribution in [0.4, 0.5) is 5.69 Å². The predicted molar refractivity (Wildman–Crippen MR) is 76.7 cm³/mol. The van der Waals surface area contributed by atoms with Crippen molar-refractivity contribution in [3.8, 4) is 0 Å². The van der Waals surface area contributed by atoms with E-state index in [1.54, 1.807) is 7.11 Å². The van der Waals surface area contributed by atoms with E-state index in [-0.39, 0.29) is 5.97 Å². The summed E-state index contributed by atoms with van der Waals surface area (Å²) in [4.78, 5) is 15.5. The van der Waals surface area contributed by atoms with E-state index < -0.39 is 0 Å². The number of carbonyl (C=O) groups excluding carboxylic acids is 1. The number of hydrogen-bond donors (Lipinski definition) is 2. The number of aromatic nitrogens is 1. The molecule has 0 bridgehead atoms. The lowest BCUT2D eigenvalue weighted by atomic mass is 10.0. The highest BCUT2D eigenvalue weighted by Crippen LogP contribution is 2.44. The van der Waals surface area contributed by atoms with E-state index in [9.17, 15) is 4.79 Å². The Labute approximate surface area is 117 Å². The maximum Gasteiger partial charge on any atom is 0.340 e. The van der Waals surface area contributed by atoms with Crippen LogP contribution in [0.5, 0.6) is 0 Å². The van der Waals surface area contributed by atoms with Gasteiger partial charge in [0.1, 0.15) is 0 Å². The van der Waals surface area contributed by atoms with Crippen LogP contribution in [0.15, 0.2) is 12.1 Å². The fourth-order valence-electron chi connectivity index (χ4n) is 2.65. The van der Waals surface area contributed by atoms with Crippen molar-refractivity contribution < 1.29 is 14.3 Å². The number of rotatable bonds is 4. The minimum absolute atomic E-state index is 0.334. The molecule has 1 aromatic carbocycles. The van der Waals surface area contributed by atoms with Crippen molar-refractivity contribution in [1.82, 2.24) is 4.98 Å². The summed E-state index contributed by atoms with van der Waals surface area (Å²) < 4.78 is 10.1. The maximum atomic E-state index is 12.1. The Bertz CT molecular complexity index is 671. The van der Waals surface area contributed by atoms with Gasteiger partial charge in [-0.25, -0.2) is 4.79 Å². The third kappa shape index (κ3) is 1.94. The molecule has 2 aromatic rings. The number of H-pyrrole nitrogens is 1. The van der Waals surface area contributed by atoms with Gasteiger partial charge in [0.05, 0.1) is 19.3 Å². The number of benzene rings is 1. The van der Waals surface area contributed by atoms with Gasteiger partial charge in [0.25, 0.3) is 0 Å². The number of methoxy groups -OCH3 is 2. The third-order valence-electron chi connectivity index (χ3n) is 3.80. The second-order valence-electron chi connectivity index (χ2n) is 5.17. The Morgan fingerprint density at radius 1 is 1.40 bits per heavy atom. The van der Waals surface area contributed by atoms with Crippen molar-refractivity contribution in [2.45, 2.75) is 25.4 Å². The number of aromatic amines is 1. The summed E-state index contributed by atoms with van der Waals surface area (Å²) in [5, 5.41) is 0.758. The van der Waals surface area contributed by atoms with Crippen LogP contribution in [0.25, 0.3) is 10.9 Å². The first-order valence-electron chi connectivity index (χ1n) is 6.67. The van der Waals surface area contributed by atoms with Crippen LogP contribution in [-0.4, -0.2) is 25.2 Å². The average Bonchev–Trinajstić information content (AvgIpc) is 3.22. The van der Waals surface area contributed by atoms with Gasteiger partial charge in [-0.1, -0.05) is 6.07 Å². The largest absolute Gasteiger partial charge is 0.465 e. The van der Waals surface area contributed by atoms with Crippen molar-refractivity contribution in [2.24, 2.45) is 0 Å². The number of esters is 1. The Morgan fingerprint density at radius 2 is 2.15 bits per heavy atom. The van der Waals surface area contributed by atoms with E-state index in [4.69, 9.17) is 15.2 Å². The van der Waals surface area contributed by atoms with Crippen LogP contribution in [-0.2, 0) is 16.1 Å². The van der Waals surface area contributed by atoms with Crippen LogP contribution < -0.4 is 5.73 Å². The topological polar surface area (TPSA) is 77.3 Å². The average molecular weight is 274 g/mol. The van der Waals surface area contributed by atoms with E-state index in [1.807, 2.05) is 12.1 Å². The molecule has 106 valence electrons. The molecular formula is C15H18N2O3. The van der Waals surface area contributed by atoms with E-state index in [1.165, 1.54) is 7.11 Å². The molecule has 1 aromatic heterocycles. The highest BCUT2D eigenvalue weighted by molar-refractivity contribution is 6.11. The summed E-state index contributed by atoms with van der Waals surface area (Å²) in [7, 11) is 3.02. The Kier molecular flexibility index (Phi) is 3.14. The van der Waals surface area contributed by atoms with Gasteiger partial charge in [-0.05, 0) is 24.8 Å². The Balaban J connectivity index is 2.26. The smallest absolute Gasteiger partial charge is 0.340 e. The van der Waals surface area contributed by atoms with Crippen LogP contribution in [0.2, 0.25) is 0 Å². The van der Waals surface area contributed by atoms with E-state index in [2.05, 4.69) is 4.98 Å². The van der Waals surface area contributed by atoms with Gasteiger partial charge >= 0.3 is 5.97 Å². The molecule has 0 saturated heterocycles. The fraction of sp³-hybridized carbons (Fsp3) is 0.400. The highest BCUT2D eigenvalue weighted by atomic mass is 16.5. The number of carbonyl (C=O) groups is 1. The molecule has 1 saturated carbocycles. The Morgan fingerprint density at radius 3 is 2.75 bits per heavy atom. The van der Waals surface area contributed by atoms with Crippen LogP contribution >= 0.6 is 0 Å². The molecule has 1 aliphatic rings. The van der Waals surface area contributed by atoms with Gasteiger partial charge in [-0.2, -0.15) is 0 Å². The van der Waals surface area contributed by atoms with E-state index >= 15 is 0 Å². The minimum atomic E-state index is -0.334. The summed E-state index contributed by atoms with van der Waals surface area (Å²) in [6, 6.07) is 3.87. The SMILES string of the molecule is COCc1ccc2[nH]c(C3CC3)c(C(=O)OC)c2c1N. The van der Waals surface area contributed by atoms with Gasteiger partial charge in [0.15, 0.2) is 0 Å². The van der Waals surface area contributed by atoms with Crippen molar-refractivity contribution >= 4 is 22.6 Å². The fourth-order valence-corrected chi connectivity index (χ4v) is 2.65. The summed E-state index contributed by atoms with van der Waals surface area (Å²) in [6.07, 6.45) is 2.20. The number of ether oxygens (including phenoxy) is 2. The standard InChI is InChI=1S/C15H18N2O3/c1-19-7-9-5-6-10-11(13(9)16)12(15(18)20-2)14(17-10)8-3-4-8/h5-6,8,17H,3-4,7,16H2,1-2H3. The predicted octanol–water partition coefficient (Wildman–Crippen LogP) is 2.56. The van der Waals surface area contributed by atoms with Crippen LogP contribution in [0.3, 0.4) is 0 Å². The molecule has 20 heavy (non-hydrogen) atoms. The van der Waals surface area contributed by atoms with Crippen molar-refractivity contribution in [3.63, 3.8) is 0 Å². The number of anilines is 1. The molecular weight excluding hydrogens is 256 g/mol. The van der Waals surface area contributed by atoms with Crippen LogP contribution in [0, 0.1) is 0 Å². The summed E-state index contributed by atoms with van der Waals surface area (Å²) in [5.74, 6) is 0.0844. The van der Waals surface area contributed by atoms with Gasteiger partial charge in [0, 0.05) is 35.0 Å². The lowest BCUT2D eigenvalue weighted by molar-refractivity contribution is 0.0601. The van der Waals surface area contributed by atoms with Gasteiger partial charge < -0.3 is 20.2 Å². The molecule has 5 heteroatoms. The second kappa shape index (κ2) is 4.83. The molecule has 5 nitrogen and oxygen atoms in total. The lowest BCUT2D eigenvalue weighted by Gasteiger charge is -2.07. The molecule has 1 heterocycles. The van der Waals surface area contributed by atoms with Gasteiger partial charge in [-0.3, -0.25) is 0 Å². The molecule has 0 radical (unpaired) electrons. The first kappa shape index (κ1) is 13.0. The quantitative estimate of drug-likeness (QED) is 0.663. The zero-order valence-electron chi connectivity index (χ0n) is 11.7. The first-order valence-corrected chi connectivity index (χ1v) is 6.67. The van der Waals surface area contributed by atoms with E-state index in [0.717, 1.165) is 35.0 Å². The first-order chi connectivity index (χ1) is 9.67. The normalized spacial score (nSPS) is 14.7. The molecule has 1 aliphatic carbocycles. The van der Waals surface area contributed by atoms with Crippen molar-refractivity contribution in [1.29, 1.82) is 0 Å². The molecule has 3 N–H and O–H groups in total. The summed E-state index contributed by atoms with van der Waals surface area (Å²) in [6.45, 7) is 0.423. The molecule has 1 fully saturated rings. The van der Waals surface area contributed by atoms with Gasteiger partial charge in [-0.15, -0.1) is 0 Å². The molecule has 0 unspecified atom stereocenters. The zero-order chi connectivity index (χ0) is 14.3. The summed E-state index contributed by atoms with van der Waals surface area (Å²) in [5.41, 5.74) is 10.1. The Hall–Kier alpha value is -2.01. The van der Waals surface area contributed by atoms with Crippen LogP contribution in [0.1, 0.15) is 40.4 Å². The zero-order valence-corrected chi connectivity index (χ0v) is 11.7. The number of hydrogen-bond acceptors (Lipinski definition) is 4. The monoisotopic (exact) mass is 274 g/mol. The molecule has 0 atom stereocenters. The number of nitrogen functional groups attached to an aromatic ring is 1. The molecule has 0 amide bonds. The minimum Gasteiger partial charge on any atom is -0.465 e. The second-order valence-corrected chi connectivity index (χ2v) is 5.17. The molecule has 0 spiro atoms. The molecule has 0 aliphatic heterocycles. The third-order valence-corrected chi connectivity index (χ3v) is 3.80. The summed E-state index contributed by atoms with van der Waals surface area (Å²) >= 11 is 0. The maximum absolute atomic E-state index is 12.1. The number of nitrogens with one attached hydrogen (secondary N) is 1. The van der Waals surface area contributed by atoms with E-state index in [0.29, 0.717) is 23.8 Å². The highest BCUT2D eigenvalue weighted by Gasteiger charge is 2.32. The number of nitrogens with two attached hydrogens (primary N) is 1. The van der Waals surface area contributed by atoms with Crippen molar-refractivity contribution in [2.75, 3.05) is 20.0 Å². The molecule has 3 rings (SSSR count).